The van der Waals surface area contributed by atoms with Crippen molar-refractivity contribution >= 4 is 5.78 Å². The van der Waals surface area contributed by atoms with Gasteiger partial charge in [0.2, 0.25) is 0 Å². The van der Waals surface area contributed by atoms with Gasteiger partial charge in [0.05, 0.1) is 12.2 Å². The van der Waals surface area contributed by atoms with Gasteiger partial charge in [0.15, 0.2) is 5.78 Å². The van der Waals surface area contributed by atoms with E-state index in [1.54, 1.807) is 7.11 Å². The second-order valence-electron chi connectivity index (χ2n) is 5.51. The maximum atomic E-state index is 12.4. The average molecular weight is 291 g/mol. The van der Waals surface area contributed by atoms with Crippen molar-refractivity contribution < 1.29 is 14.3 Å². The van der Waals surface area contributed by atoms with Gasteiger partial charge in [-0.15, -0.1) is 0 Å². The maximum Gasteiger partial charge on any atom is 0.166 e. The Hall–Kier alpha value is -1.39. The number of ketones is 1. The van der Waals surface area contributed by atoms with E-state index in [2.05, 4.69) is 5.32 Å². The lowest BCUT2D eigenvalue weighted by Crippen LogP contribution is -2.30. The number of rotatable bonds is 8. The van der Waals surface area contributed by atoms with Crippen molar-refractivity contribution in [2.45, 2.75) is 25.7 Å². The van der Waals surface area contributed by atoms with Gasteiger partial charge in [-0.25, -0.2) is 0 Å². The molecule has 0 spiro atoms. The number of piperidine rings is 1. The summed E-state index contributed by atoms with van der Waals surface area (Å²) in [7, 11) is 1.64. The Morgan fingerprint density at radius 2 is 2.19 bits per heavy atom. The molecule has 1 aromatic carbocycles. The van der Waals surface area contributed by atoms with E-state index >= 15 is 0 Å². The molecular weight excluding hydrogens is 266 g/mol. The molecule has 21 heavy (non-hydrogen) atoms. The minimum atomic E-state index is 0.175. The first-order valence-corrected chi connectivity index (χ1v) is 7.76. The summed E-state index contributed by atoms with van der Waals surface area (Å²) < 4.78 is 10.6. The summed E-state index contributed by atoms with van der Waals surface area (Å²) in [5.74, 6) is 1.47. The van der Waals surface area contributed by atoms with Crippen molar-refractivity contribution in [1.29, 1.82) is 0 Å². The van der Waals surface area contributed by atoms with Gasteiger partial charge in [0.1, 0.15) is 12.4 Å². The fraction of sp³-hybridized carbons (Fsp3) is 0.588. The Kier molecular flexibility index (Phi) is 6.70. The van der Waals surface area contributed by atoms with Crippen molar-refractivity contribution in [3.63, 3.8) is 0 Å². The number of benzene rings is 1. The molecule has 1 aliphatic rings. The summed E-state index contributed by atoms with van der Waals surface area (Å²) in [4.78, 5) is 12.4. The Labute approximate surface area is 126 Å². The monoisotopic (exact) mass is 291 g/mol. The summed E-state index contributed by atoms with van der Waals surface area (Å²) in [6.45, 7) is 3.14. The van der Waals surface area contributed by atoms with Crippen LogP contribution >= 0.6 is 0 Å². The van der Waals surface area contributed by atoms with Crippen LogP contribution in [0.5, 0.6) is 5.75 Å². The molecule has 1 aliphatic heterocycles. The number of carbonyl (C=O) groups excluding carboxylic acids is 1. The summed E-state index contributed by atoms with van der Waals surface area (Å²) in [6, 6.07) is 7.48. The molecule has 1 aromatic rings. The van der Waals surface area contributed by atoms with E-state index in [0.29, 0.717) is 36.9 Å². The summed E-state index contributed by atoms with van der Waals surface area (Å²) in [5.41, 5.74) is 0.692. The summed E-state index contributed by atoms with van der Waals surface area (Å²) >= 11 is 0. The molecule has 1 saturated heterocycles. The van der Waals surface area contributed by atoms with Crippen molar-refractivity contribution in [3.05, 3.63) is 29.8 Å². The molecule has 116 valence electrons. The topological polar surface area (TPSA) is 47.6 Å². The van der Waals surface area contributed by atoms with E-state index in [1.807, 2.05) is 24.3 Å². The molecule has 0 radical (unpaired) electrons. The number of ether oxygens (including phenoxy) is 2. The normalized spacial score (nSPS) is 18.4. The van der Waals surface area contributed by atoms with Crippen LogP contribution in [0.3, 0.4) is 0 Å². The van der Waals surface area contributed by atoms with Gasteiger partial charge in [0, 0.05) is 13.5 Å². The van der Waals surface area contributed by atoms with Gasteiger partial charge in [-0.2, -0.15) is 0 Å². The zero-order valence-corrected chi connectivity index (χ0v) is 12.8. The highest BCUT2D eigenvalue weighted by Crippen LogP contribution is 2.23. The number of carbonyl (C=O) groups is 1. The number of hydrogen-bond donors (Lipinski definition) is 1. The van der Waals surface area contributed by atoms with Gasteiger partial charge >= 0.3 is 0 Å². The van der Waals surface area contributed by atoms with Crippen LogP contribution in [-0.4, -0.2) is 39.2 Å². The lowest BCUT2D eigenvalue weighted by Gasteiger charge is -2.22. The van der Waals surface area contributed by atoms with E-state index in [-0.39, 0.29) is 5.78 Å². The van der Waals surface area contributed by atoms with Crippen LogP contribution in [0.25, 0.3) is 0 Å². The maximum absolute atomic E-state index is 12.4. The third kappa shape index (κ3) is 5.14. The number of para-hydroxylation sites is 1. The lowest BCUT2D eigenvalue weighted by molar-refractivity contribution is 0.0963. The Balaban J connectivity index is 1.88. The van der Waals surface area contributed by atoms with Crippen LogP contribution in [0.15, 0.2) is 24.3 Å². The Morgan fingerprint density at radius 1 is 1.33 bits per heavy atom. The predicted molar refractivity (Wildman–Crippen MR) is 83.0 cm³/mol. The van der Waals surface area contributed by atoms with Crippen molar-refractivity contribution in [2.24, 2.45) is 5.92 Å². The van der Waals surface area contributed by atoms with Crippen LogP contribution in [0.1, 0.15) is 36.0 Å². The molecule has 1 atom stereocenters. The van der Waals surface area contributed by atoms with E-state index < -0.39 is 0 Å². The Bertz CT molecular complexity index is 441. The fourth-order valence-electron chi connectivity index (χ4n) is 2.70. The molecule has 0 amide bonds. The molecule has 4 nitrogen and oxygen atoms in total. The highest BCUT2D eigenvalue weighted by Gasteiger charge is 2.17. The Morgan fingerprint density at radius 3 is 2.95 bits per heavy atom. The van der Waals surface area contributed by atoms with Crippen LogP contribution in [0.2, 0.25) is 0 Å². The third-order valence-electron chi connectivity index (χ3n) is 3.91. The van der Waals surface area contributed by atoms with Crippen molar-refractivity contribution in [1.82, 2.24) is 5.32 Å². The van der Waals surface area contributed by atoms with E-state index in [9.17, 15) is 4.79 Å². The quantitative estimate of drug-likeness (QED) is 0.591. The molecule has 0 aromatic heterocycles. The molecule has 2 rings (SSSR count). The average Bonchev–Trinajstić information content (AvgIpc) is 2.54. The van der Waals surface area contributed by atoms with Crippen LogP contribution in [0.4, 0.5) is 0 Å². The molecule has 1 N–H and O–H groups in total. The van der Waals surface area contributed by atoms with Crippen LogP contribution < -0.4 is 10.1 Å². The lowest BCUT2D eigenvalue weighted by atomic mass is 9.92. The number of methoxy groups -OCH3 is 1. The van der Waals surface area contributed by atoms with Gasteiger partial charge in [0.25, 0.3) is 0 Å². The first-order valence-electron chi connectivity index (χ1n) is 7.76. The molecule has 0 saturated carbocycles. The zero-order valence-electron chi connectivity index (χ0n) is 12.8. The van der Waals surface area contributed by atoms with Crippen LogP contribution in [-0.2, 0) is 4.74 Å². The molecule has 4 heteroatoms. The largest absolute Gasteiger partial charge is 0.490 e. The molecule has 1 heterocycles. The SMILES string of the molecule is COCCOc1ccccc1C(=O)CCC1CCCNC1. The zero-order chi connectivity index (χ0) is 14.9. The fourth-order valence-corrected chi connectivity index (χ4v) is 2.70. The smallest absolute Gasteiger partial charge is 0.166 e. The minimum Gasteiger partial charge on any atom is -0.490 e. The van der Waals surface area contributed by atoms with Crippen LogP contribution in [0, 0.1) is 5.92 Å². The summed E-state index contributed by atoms with van der Waals surface area (Å²) in [6.07, 6.45) is 4.00. The molecule has 0 bridgehead atoms. The summed E-state index contributed by atoms with van der Waals surface area (Å²) in [5, 5.41) is 3.39. The van der Waals surface area contributed by atoms with Gasteiger partial charge < -0.3 is 14.8 Å². The highest BCUT2D eigenvalue weighted by molar-refractivity contribution is 5.98. The molecule has 1 unspecified atom stereocenters. The number of Topliss-reactive ketones (excluding diaryl/α,β-unsaturated/α-hetero) is 1. The van der Waals surface area contributed by atoms with Crippen molar-refractivity contribution in [3.8, 4) is 5.75 Å². The molecule has 1 fully saturated rings. The first-order chi connectivity index (χ1) is 10.3. The van der Waals surface area contributed by atoms with Gasteiger partial charge in [-0.05, 0) is 50.4 Å². The second-order valence-corrected chi connectivity index (χ2v) is 5.51. The molecule has 0 aliphatic carbocycles. The van der Waals surface area contributed by atoms with E-state index in [1.165, 1.54) is 12.8 Å². The van der Waals surface area contributed by atoms with E-state index in [4.69, 9.17) is 9.47 Å². The number of hydrogen-bond acceptors (Lipinski definition) is 4. The molecular formula is C17H25NO3. The van der Waals surface area contributed by atoms with Crippen molar-refractivity contribution in [2.75, 3.05) is 33.4 Å². The van der Waals surface area contributed by atoms with Gasteiger partial charge in [-0.1, -0.05) is 12.1 Å². The van der Waals surface area contributed by atoms with E-state index in [0.717, 1.165) is 19.5 Å². The minimum absolute atomic E-state index is 0.175. The first kappa shape index (κ1) is 16.0. The van der Waals surface area contributed by atoms with Gasteiger partial charge in [-0.3, -0.25) is 4.79 Å². The third-order valence-corrected chi connectivity index (χ3v) is 3.91. The predicted octanol–water partition coefficient (Wildman–Crippen LogP) is 2.67. The standard InChI is InChI=1S/C17H25NO3/c1-20-11-12-21-17-7-3-2-6-15(17)16(19)9-8-14-5-4-10-18-13-14/h2-3,6-7,14,18H,4-5,8-13H2,1H3. The highest BCUT2D eigenvalue weighted by atomic mass is 16.5. The second kappa shape index (κ2) is 8.80. The number of nitrogens with one attached hydrogen (secondary N) is 1.